The van der Waals surface area contributed by atoms with Gasteiger partial charge in [0.2, 0.25) is 0 Å². The van der Waals surface area contributed by atoms with Crippen molar-refractivity contribution in [2.45, 2.75) is 52.6 Å². The van der Waals surface area contributed by atoms with Crippen LogP contribution in [0.25, 0.3) is 11.1 Å². The molecule has 0 saturated carbocycles. The van der Waals surface area contributed by atoms with E-state index in [-0.39, 0.29) is 5.91 Å². The number of amides is 1. The molecular formula is C29H36N2O2. The number of ether oxygens (including phenoxy) is 1. The number of aryl methyl sites for hydroxylation is 1. The van der Waals surface area contributed by atoms with Crippen LogP contribution in [0, 0.1) is 0 Å². The number of hydrogen-bond acceptors (Lipinski definition) is 3. The maximum atomic E-state index is 13.0. The fraction of sp³-hybridized carbons (Fsp3) is 0.345. The maximum absolute atomic E-state index is 13.0. The van der Waals surface area contributed by atoms with Crippen molar-refractivity contribution in [1.29, 1.82) is 0 Å². The van der Waals surface area contributed by atoms with Crippen molar-refractivity contribution in [2.24, 2.45) is 0 Å². The van der Waals surface area contributed by atoms with Crippen molar-refractivity contribution in [3.8, 4) is 16.9 Å². The second-order valence-corrected chi connectivity index (χ2v) is 8.95. The Bertz CT molecular complexity index is 1020. The topological polar surface area (TPSA) is 41.6 Å². The zero-order chi connectivity index (χ0) is 23.8. The minimum absolute atomic E-state index is 0.105. The third-order valence-corrected chi connectivity index (χ3v) is 6.00. The fourth-order valence-corrected chi connectivity index (χ4v) is 4.23. The van der Waals surface area contributed by atoms with Crippen molar-refractivity contribution in [2.75, 3.05) is 19.0 Å². The molecule has 0 radical (unpaired) electrons. The van der Waals surface area contributed by atoms with E-state index in [1.165, 1.54) is 0 Å². The molecule has 0 aromatic heterocycles. The number of carbonyl (C=O) groups is 1. The lowest BCUT2D eigenvalue weighted by atomic mass is 10.0. The zero-order valence-electron chi connectivity index (χ0n) is 20.5. The average molecular weight is 445 g/mol. The van der Waals surface area contributed by atoms with E-state index >= 15 is 0 Å². The van der Waals surface area contributed by atoms with Gasteiger partial charge in [0.05, 0.1) is 7.11 Å². The summed E-state index contributed by atoms with van der Waals surface area (Å²) in [5.41, 5.74) is 4.81. The van der Waals surface area contributed by atoms with Crippen molar-refractivity contribution in [3.63, 3.8) is 0 Å². The predicted molar refractivity (Wildman–Crippen MR) is 138 cm³/mol. The molecule has 0 aliphatic heterocycles. The lowest BCUT2D eigenvalue weighted by molar-refractivity contribution is 0.102. The van der Waals surface area contributed by atoms with Gasteiger partial charge in [-0.3, -0.25) is 9.69 Å². The van der Waals surface area contributed by atoms with Crippen LogP contribution in [0.4, 0.5) is 5.69 Å². The number of anilines is 1. The van der Waals surface area contributed by atoms with E-state index in [9.17, 15) is 4.79 Å². The van der Waals surface area contributed by atoms with Gasteiger partial charge in [-0.1, -0.05) is 42.5 Å². The SMILES string of the molecule is COc1ccc(NC(=O)c2ccc(-c3ccccc3)cc2)c(CCCN(C(C)C)C(C)C)c1. The highest BCUT2D eigenvalue weighted by atomic mass is 16.5. The van der Waals surface area contributed by atoms with Crippen LogP contribution in [-0.4, -0.2) is 36.5 Å². The summed E-state index contributed by atoms with van der Waals surface area (Å²) >= 11 is 0. The number of nitrogens with zero attached hydrogens (tertiary/aromatic N) is 1. The van der Waals surface area contributed by atoms with Gasteiger partial charge in [-0.25, -0.2) is 0 Å². The van der Waals surface area contributed by atoms with Crippen molar-refractivity contribution in [3.05, 3.63) is 83.9 Å². The van der Waals surface area contributed by atoms with Crippen LogP contribution in [0.3, 0.4) is 0 Å². The lowest BCUT2D eigenvalue weighted by Crippen LogP contribution is -2.37. The highest BCUT2D eigenvalue weighted by molar-refractivity contribution is 6.05. The second kappa shape index (κ2) is 11.7. The molecule has 4 nitrogen and oxygen atoms in total. The molecule has 3 rings (SSSR count). The standard InChI is InChI=1S/C29H36N2O2/c1-21(2)31(22(3)4)19-9-12-26-20-27(33-5)17-18-28(26)30-29(32)25-15-13-24(14-16-25)23-10-7-6-8-11-23/h6-8,10-11,13-18,20-22H,9,12,19H2,1-5H3,(H,30,32). The molecule has 0 aliphatic rings. The molecule has 1 amide bonds. The molecule has 33 heavy (non-hydrogen) atoms. The minimum atomic E-state index is -0.105. The molecule has 1 N–H and O–H groups in total. The van der Waals surface area contributed by atoms with Gasteiger partial charge in [0.15, 0.2) is 0 Å². The normalized spacial score (nSPS) is 11.3. The summed E-state index contributed by atoms with van der Waals surface area (Å²) in [7, 11) is 1.67. The maximum Gasteiger partial charge on any atom is 0.255 e. The number of methoxy groups -OCH3 is 1. The van der Waals surface area contributed by atoms with Gasteiger partial charge in [-0.2, -0.15) is 0 Å². The Morgan fingerprint density at radius 3 is 2.12 bits per heavy atom. The Kier molecular flexibility index (Phi) is 8.67. The first-order chi connectivity index (χ1) is 15.9. The molecule has 0 saturated heterocycles. The molecule has 0 atom stereocenters. The largest absolute Gasteiger partial charge is 0.497 e. The quantitative estimate of drug-likeness (QED) is 0.380. The van der Waals surface area contributed by atoms with Gasteiger partial charge < -0.3 is 10.1 Å². The lowest BCUT2D eigenvalue weighted by Gasteiger charge is -2.30. The van der Waals surface area contributed by atoms with Gasteiger partial charge in [0.25, 0.3) is 5.91 Å². The molecule has 4 heteroatoms. The van der Waals surface area contributed by atoms with Crippen LogP contribution < -0.4 is 10.1 Å². The van der Waals surface area contributed by atoms with Crippen molar-refractivity contribution >= 4 is 11.6 Å². The van der Waals surface area contributed by atoms with Crippen LogP contribution >= 0.6 is 0 Å². The highest BCUT2D eigenvalue weighted by Gasteiger charge is 2.15. The third-order valence-electron chi connectivity index (χ3n) is 6.00. The van der Waals surface area contributed by atoms with Crippen molar-refractivity contribution in [1.82, 2.24) is 4.90 Å². The van der Waals surface area contributed by atoms with E-state index in [2.05, 4.69) is 50.0 Å². The summed E-state index contributed by atoms with van der Waals surface area (Å²) in [5.74, 6) is 0.701. The first-order valence-corrected chi connectivity index (χ1v) is 11.8. The number of hydrogen-bond donors (Lipinski definition) is 1. The molecule has 0 aliphatic carbocycles. The molecule has 0 unspecified atom stereocenters. The van der Waals surface area contributed by atoms with E-state index in [1.807, 2.05) is 60.7 Å². The second-order valence-electron chi connectivity index (χ2n) is 8.95. The molecule has 0 fully saturated rings. The van der Waals surface area contributed by atoms with Crippen LogP contribution in [0.2, 0.25) is 0 Å². The van der Waals surface area contributed by atoms with E-state index in [0.717, 1.165) is 47.5 Å². The monoisotopic (exact) mass is 444 g/mol. The van der Waals surface area contributed by atoms with Gasteiger partial charge in [0.1, 0.15) is 5.75 Å². The first-order valence-electron chi connectivity index (χ1n) is 11.8. The molecular weight excluding hydrogens is 408 g/mol. The van der Waals surface area contributed by atoms with E-state index in [0.29, 0.717) is 17.6 Å². The summed E-state index contributed by atoms with van der Waals surface area (Å²) in [5, 5.41) is 3.11. The van der Waals surface area contributed by atoms with Crippen LogP contribution in [0.1, 0.15) is 50.0 Å². The summed E-state index contributed by atoms with van der Waals surface area (Å²) in [6, 6.07) is 24.8. The molecule has 0 spiro atoms. The molecule has 3 aromatic rings. The Balaban J connectivity index is 1.71. The summed E-state index contributed by atoms with van der Waals surface area (Å²) in [4.78, 5) is 15.5. The Labute approximate surface area is 198 Å². The van der Waals surface area contributed by atoms with E-state index in [4.69, 9.17) is 4.74 Å². The van der Waals surface area contributed by atoms with Gasteiger partial charge in [-0.05, 0) is 94.1 Å². The molecule has 174 valence electrons. The summed E-state index contributed by atoms with van der Waals surface area (Å²) in [6.45, 7) is 9.96. The Morgan fingerprint density at radius 2 is 1.52 bits per heavy atom. The third kappa shape index (κ3) is 6.69. The number of nitrogens with one attached hydrogen (secondary N) is 1. The van der Waals surface area contributed by atoms with E-state index < -0.39 is 0 Å². The number of rotatable bonds is 10. The Hall–Kier alpha value is -3.11. The average Bonchev–Trinajstić information content (AvgIpc) is 2.82. The first kappa shape index (κ1) is 24.5. The van der Waals surface area contributed by atoms with Gasteiger partial charge >= 0.3 is 0 Å². The summed E-state index contributed by atoms with van der Waals surface area (Å²) in [6.07, 6.45) is 1.88. The fourth-order valence-electron chi connectivity index (χ4n) is 4.23. The van der Waals surface area contributed by atoms with Crippen LogP contribution in [0.5, 0.6) is 5.75 Å². The predicted octanol–water partition coefficient (Wildman–Crippen LogP) is 6.67. The zero-order valence-corrected chi connectivity index (χ0v) is 20.5. The molecule has 0 heterocycles. The molecule has 3 aromatic carbocycles. The Morgan fingerprint density at radius 1 is 0.879 bits per heavy atom. The smallest absolute Gasteiger partial charge is 0.255 e. The summed E-state index contributed by atoms with van der Waals surface area (Å²) < 4.78 is 5.44. The highest BCUT2D eigenvalue weighted by Crippen LogP contribution is 2.25. The van der Waals surface area contributed by atoms with Crippen LogP contribution in [0.15, 0.2) is 72.8 Å². The van der Waals surface area contributed by atoms with E-state index in [1.54, 1.807) is 7.11 Å². The van der Waals surface area contributed by atoms with Gasteiger partial charge in [0, 0.05) is 23.3 Å². The van der Waals surface area contributed by atoms with Gasteiger partial charge in [-0.15, -0.1) is 0 Å². The molecule has 0 bridgehead atoms. The number of benzene rings is 3. The van der Waals surface area contributed by atoms with Crippen LogP contribution in [-0.2, 0) is 6.42 Å². The van der Waals surface area contributed by atoms with Crippen molar-refractivity contribution < 1.29 is 9.53 Å². The minimum Gasteiger partial charge on any atom is -0.497 e. The number of carbonyl (C=O) groups excluding carboxylic acids is 1.